The maximum atomic E-state index is 12.9. The van der Waals surface area contributed by atoms with Gasteiger partial charge in [0.05, 0.1) is 17.9 Å². The van der Waals surface area contributed by atoms with Crippen LogP contribution in [-0.2, 0) is 11.8 Å². The van der Waals surface area contributed by atoms with Gasteiger partial charge in [0.1, 0.15) is 0 Å². The number of amides is 1. The van der Waals surface area contributed by atoms with Gasteiger partial charge in [-0.1, -0.05) is 0 Å². The molecule has 1 amide bonds. The molecule has 2 saturated heterocycles. The van der Waals surface area contributed by atoms with Crippen molar-refractivity contribution in [2.45, 2.75) is 38.1 Å². The molecule has 0 radical (unpaired) electrons. The van der Waals surface area contributed by atoms with E-state index in [2.05, 4.69) is 15.3 Å². The number of carbonyl (C=O) groups is 1. The van der Waals surface area contributed by atoms with Crippen LogP contribution in [0.4, 0.5) is 5.69 Å². The van der Waals surface area contributed by atoms with Gasteiger partial charge in [0.15, 0.2) is 0 Å². The predicted octanol–water partition coefficient (Wildman–Crippen LogP) is 2.08. The summed E-state index contributed by atoms with van der Waals surface area (Å²) in [6, 6.07) is 0.0641. The molecular formula is C17H31Cl2N5O. The van der Waals surface area contributed by atoms with E-state index in [0.29, 0.717) is 0 Å². The zero-order valence-corrected chi connectivity index (χ0v) is 16.8. The number of piperidine rings is 2. The minimum absolute atomic E-state index is 0. The Bertz CT molecular complexity index is 531. The highest BCUT2D eigenvalue weighted by atomic mass is 35.5. The fourth-order valence-electron chi connectivity index (χ4n) is 3.90. The van der Waals surface area contributed by atoms with E-state index >= 15 is 0 Å². The Morgan fingerprint density at radius 2 is 1.92 bits per heavy atom. The normalized spacial score (nSPS) is 22.4. The van der Waals surface area contributed by atoms with Crippen molar-refractivity contribution in [2.75, 3.05) is 38.1 Å². The molecule has 0 aliphatic carbocycles. The molecule has 3 rings (SSSR count). The molecule has 0 saturated carbocycles. The first-order valence-corrected chi connectivity index (χ1v) is 8.87. The Morgan fingerprint density at radius 1 is 1.20 bits per heavy atom. The summed E-state index contributed by atoms with van der Waals surface area (Å²) in [7, 11) is 3.91. The molecule has 8 heteroatoms. The van der Waals surface area contributed by atoms with Gasteiger partial charge in [0.25, 0.3) is 0 Å². The van der Waals surface area contributed by atoms with Crippen LogP contribution in [0.15, 0.2) is 12.4 Å². The quantitative estimate of drug-likeness (QED) is 0.834. The van der Waals surface area contributed by atoms with E-state index in [1.165, 1.54) is 19.3 Å². The smallest absolute Gasteiger partial charge is 0.244 e. The van der Waals surface area contributed by atoms with E-state index in [-0.39, 0.29) is 36.8 Å². The molecule has 2 fully saturated rings. The molecule has 1 aromatic rings. The average molecular weight is 392 g/mol. The number of aromatic nitrogens is 2. The van der Waals surface area contributed by atoms with Crippen molar-refractivity contribution in [1.29, 1.82) is 0 Å². The van der Waals surface area contributed by atoms with E-state index in [4.69, 9.17) is 0 Å². The molecule has 1 atom stereocenters. The van der Waals surface area contributed by atoms with E-state index < -0.39 is 0 Å². The van der Waals surface area contributed by atoms with Crippen LogP contribution in [-0.4, -0.2) is 59.9 Å². The van der Waals surface area contributed by atoms with Crippen molar-refractivity contribution >= 4 is 36.4 Å². The van der Waals surface area contributed by atoms with Crippen LogP contribution in [0, 0.1) is 5.92 Å². The lowest BCUT2D eigenvalue weighted by atomic mass is 9.91. The Morgan fingerprint density at radius 3 is 2.52 bits per heavy atom. The standard InChI is InChI=1S/C17H29N5O.2ClH/c1-18-8-5-14-6-10-21(11-7-14)16-4-3-9-22(17(16)23)15-12-19-20(2)13-15;;/h12-14,16,18H,3-11H2,1-2H3;2*1H. The lowest BCUT2D eigenvalue weighted by Gasteiger charge is -2.41. The van der Waals surface area contributed by atoms with Crippen LogP contribution >= 0.6 is 24.8 Å². The second-order valence-electron chi connectivity index (χ2n) is 6.89. The van der Waals surface area contributed by atoms with Gasteiger partial charge in [0, 0.05) is 19.8 Å². The first-order valence-electron chi connectivity index (χ1n) is 8.87. The molecule has 2 aliphatic heterocycles. The van der Waals surface area contributed by atoms with Crippen LogP contribution in [0.3, 0.4) is 0 Å². The third-order valence-electron chi connectivity index (χ3n) is 5.31. The summed E-state index contributed by atoms with van der Waals surface area (Å²) in [5.41, 5.74) is 0.936. The van der Waals surface area contributed by atoms with Gasteiger partial charge in [-0.25, -0.2) is 0 Å². The van der Waals surface area contributed by atoms with Crippen LogP contribution in [0.2, 0.25) is 0 Å². The number of hydrogen-bond acceptors (Lipinski definition) is 4. The minimum Gasteiger partial charge on any atom is -0.320 e. The molecule has 0 bridgehead atoms. The van der Waals surface area contributed by atoms with Crippen LogP contribution in [0.1, 0.15) is 32.1 Å². The van der Waals surface area contributed by atoms with Gasteiger partial charge < -0.3 is 10.2 Å². The number of rotatable bonds is 5. The van der Waals surface area contributed by atoms with Gasteiger partial charge in [-0.3, -0.25) is 14.4 Å². The Hall–Kier alpha value is -0.820. The Kier molecular flexibility index (Phi) is 9.21. The van der Waals surface area contributed by atoms with Crippen molar-refractivity contribution in [3.8, 4) is 0 Å². The summed E-state index contributed by atoms with van der Waals surface area (Å²) in [5.74, 6) is 1.07. The predicted molar refractivity (Wildman–Crippen MR) is 106 cm³/mol. The number of anilines is 1. The van der Waals surface area contributed by atoms with E-state index in [1.54, 1.807) is 10.9 Å². The number of nitrogens with one attached hydrogen (secondary N) is 1. The third kappa shape index (κ3) is 5.33. The van der Waals surface area contributed by atoms with Crippen molar-refractivity contribution in [3.63, 3.8) is 0 Å². The zero-order valence-electron chi connectivity index (χ0n) is 15.2. The number of aryl methyl sites for hydroxylation is 1. The highest BCUT2D eigenvalue weighted by Gasteiger charge is 2.35. The van der Waals surface area contributed by atoms with Gasteiger partial charge in [0.2, 0.25) is 5.91 Å². The van der Waals surface area contributed by atoms with Crippen LogP contribution in [0.25, 0.3) is 0 Å². The molecule has 25 heavy (non-hydrogen) atoms. The second kappa shape index (κ2) is 10.4. The molecule has 2 aliphatic rings. The largest absolute Gasteiger partial charge is 0.320 e. The number of hydrogen-bond donors (Lipinski definition) is 1. The molecule has 1 aromatic heterocycles. The van der Waals surface area contributed by atoms with Gasteiger partial charge in [-0.05, 0) is 64.7 Å². The van der Waals surface area contributed by atoms with Crippen molar-refractivity contribution < 1.29 is 4.79 Å². The fraction of sp³-hybridized carbons (Fsp3) is 0.765. The highest BCUT2D eigenvalue weighted by molar-refractivity contribution is 5.97. The summed E-state index contributed by atoms with van der Waals surface area (Å²) in [6.45, 7) is 4.04. The van der Waals surface area contributed by atoms with Crippen molar-refractivity contribution in [1.82, 2.24) is 20.0 Å². The van der Waals surface area contributed by atoms with Crippen molar-refractivity contribution in [2.24, 2.45) is 13.0 Å². The lowest BCUT2D eigenvalue weighted by Crippen LogP contribution is -2.54. The molecule has 144 valence electrons. The van der Waals surface area contributed by atoms with E-state index in [9.17, 15) is 4.79 Å². The maximum absolute atomic E-state index is 12.9. The number of halogens is 2. The van der Waals surface area contributed by atoms with Crippen LogP contribution in [0.5, 0.6) is 0 Å². The van der Waals surface area contributed by atoms with Gasteiger partial charge in [-0.2, -0.15) is 5.10 Å². The molecule has 0 aromatic carbocycles. The van der Waals surface area contributed by atoms with E-state index in [1.807, 2.05) is 25.2 Å². The number of carbonyl (C=O) groups excluding carboxylic acids is 1. The van der Waals surface area contributed by atoms with E-state index in [0.717, 1.165) is 50.6 Å². The molecule has 1 N–H and O–H groups in total. The highest BCUT2D eigenvalue weighted by Crippen LogP contribution is 2.27. The third-order valence-corrected chi connectivity index (χ3v) is 5.31. The Balaban J connectivity index is 0.00000156. The number of nitrogens with zero attached hydrogens (tertiary/aromatic N) is 4. The first-order chi connectivity index (χ1) is 11.2. The van der Waals surface area contributed by atoms with Gasteiger partial charge in [-0.15, -0.1) is 24.8 Å². The molecular weight excluding hydrogens is 361 g/mol. The molecule has 1 unspecified atom stereocenters. The summed E-state index contributed by atoms with van der Waals surface area (Å²) in [5, 5.41) is 7.45. The summed E-state index contributed by atoms with van der Waals surface area (Å²) < 4.78 is 1.76. The Labute approximate surface area is 163 Å². The average Bonchev–Trinajstić information content (AvgIpc) is 3.00. The van der Waals surface area contributed by atoms with Gasteiger partial charge >= 0.3 is 0 Å². The summed E-state index contributed by atoms with van der Waals surface area (Å²) in [6.07, 6.45) is 9.50. The molecule has 6 nitrogen and oxygen atoms in total. The number of likely N-dealkylation sites (tertiary alicyclic amines) is 1. The fourth-order valence-corrected chi connectivity index (χ4v) is 3.90. The summed E-state index contributed by atoms with van der Waals surface area (Å²) >= 11 is 0. The monoisotopic (exact) mass is 391 g/mol. The first kappa shape index (κ1) is 22.2. The lowest BCUT2D eigenvalue weighted by molar-refractivity contribution is -0.126. The molecule has 0 spiro atoms. The second-order valence-corrected chi connectivity index (χ2v) is 6.89. The zero-order chi connectivity index (χ0) is 16.2. The van der Waals surface area contributed by atoms with Crippen molar-refractivity contribution in [3.05, 3.63) is 12.4 Å². The maximum Gasteiger partial charge on any atom is 0.244 e. The SMILES string of the molecule is CNCCC1CCN(C2CCCN(c3cnn(C)c3)C2=O)CC1.Cl.Cl. The minimum atomic E-state index is 0. The topological polar surface area (TPSA) is 53.4 Å². The molecule has 3 heterocycles. The van der Waals surface area contributed by atoms with Crippen LogP contribution < -0.4 is 10.2 Å². The summed E-state index contributed by atoms with van der Waals surface area (Å²) in [4.78, 5) is 17.3.